The van der Waals surface area contributed by atoms with Gasteiger partial charge in [-0.3, -0.25) is 4.90 Å². The van der Waals surface area contributed by atoms with Crippen molar-refractivity contribution < 1.29 is 14.6 Å². The van der Waals surface area contributed by atoms with Crippen LogP contribution in [0, 0.1) is 0 Å². The normalized spacial score (nSPS) is 16.6. The molecule has 0 aromatic carbocycles. The Bertz CT molecular complexity index is 650. The molecule has 0 atom stereocenters. The first-order valence-electron chi connectivity index (χ1n) is 6.35. The van der Waals surface area contributed by atoms with Gasteiger partial charge in [-0.15, -0.1) is 0 Å². The van der Waals surface area contributed by atoms with E-state index in [2.05, 4.69) is 9.88 Å². The third-order valence-corrected chi connectivity index (χ3v) is 3.68. The standard InChI is InChI=1S/C13H14ClN3O3/c14-9-2-1-3-17-10(8-16-4-6-20-7-5-16)11(13(18)19)15-12(9)17/h1-3H,4-8H2,(H,18,19). The molecule has 3 heterocycles. The number of carboxylic acids is 1. The fourth-order valence-electron chi connectivity index (χ4n) is 2.38. The second kappa shape index (κ2) is 5.40. The highest BCUT2D eigenvalue weighted by molar-refractivity contribution is 6.33. The predicted octanol–water partition coefficient (Wildman–Crippen LogP) is 1.52. The van der Waals surface area contributed by atoms with Crippen LogP contribution in [0.3, 0.4) is 0 Å². The molecule has 20 heavy (non-hydrogen) atoms. The van der Waals surface area contributed by atoms with Crippen molar-refractivity contribution in [3.05, 3.63) is 34.7 Å². The van der Waals surface area contributed by atoms with Gasteiger partial charge in [-0.1, -0.05) is 11.6 Å². The highest BCUT2D eigenvalue weighted by Crippen LogP contribution is 2.21. The highest BCUT2D eigenvalue weighted by atomic mass is 35.5. The van der Waals surface area contributed by atoms with E-state index in [0.29, 0.717) is 36.1 Å². The van der Waals surface area contributed by atoms with Crippen LogP contribution in [-0.2, 0) is 11.3 Å². The summed E-state index contributed by atoms with van der Waals surface area (Å²) >= 11 is 6.08. The molecule has 0 amide bonds. The van der Waals surface area contributed by atoms with E-state index in [1.807, 2.05) is 0 Å². The molecule has 0 bridgehead atoms. The highest BCUT2D eigenvalue weighted by Gasteiger charge is 2.22. The van der Waals surface area contributed by atoms with Gasteiger partial charge >= 0.3 is 5.97 Å². The number of halogens is 1. The molecule has 0 saturated carbocycles. The predicted molar refractivity (Wildman–Crippen MR) is 73.3 cm³/mol. The minimum atomic E-state index is -1.03. The van der Waals surface area contributed by atoms with Crippen LogP contribution in [0.25, 0.3) is 5.65 Å². The van der Waals surface area contributed by atoms with Crippen LogP contribution >= 0.6 is 11.6 Å². The van der Waals surface area contributed by atoms with Gasteiger partial charge in [-0.25, -0.2) is 9.78 Å². The topological polar surface area (TPSA) is 67.1 Å². The third-order valence-electron chi connectivity index (χ3n) is 3.38. The molecule has 0 radical (unpaired) electrons. The molecule has 6 nitrogen and oxygen atoms in total. The van der Waals surface area contributed by atoms with Crippen LogP contribution in [0.15, 0.2) is 18.3 Å². The number of carboxylic acid groups (broad SMARTS) is 1. The Morgan fingerprint density at radius 3 is 2.90 bits per heavy atom. The third kappa shape index (κ3) is 2.37. The van der Waals surface area contributed by atoms with Crippen molar-refractivity contribution in [2.75, 3.05) is 26.3 Å². The first kappa shape index (κ1) is 13.4. The molecular formula is C13H14ClN3O3. The first-order valence-corrected chi connectivity index (χ1v) is 6.73. The minimum Gasteiger partial charge on any atom is -0.476 e. The fourth-order valence-corrected chi connectivity index (χ4v) is 2.58. The largest absolute Gasteiger partial charge is 0.476 e. The van der Waals surface area contributed by atoms with Crippen LogP contribution in [-0.4, -0.2) is 51.7 Å². The number of hydrogen-bond donors (Lipinski definition) is 1. The molecule has 7 heteroatoms. The van der Waals surface area contributed by atoms with Gasteiger partial charge in [-0.05, 0) is 12.1 Å². The van der Waals surface area contributed by atoms with Crippen LogP contribution in [0.5, 0.6) is 0 Å². The van der Waals surface area contributed by atoms with Gasteiger partial charge in [-0.2, -0.15) is 0 Å². The van der Waals surface area contributed by atoms with Crippen LogP contribution in [0.1, 0.15) is 16.2 Å². The van der Waals surface area contributed by atoms with Gasteiger partial charge in [0.25, 0.3) is 0 Å². The molecule has 0 aliphatic carbocycles. The van der Waals surface area contributed by atoms with Crippen LogP contribution in [0.2, 0.25) is 5.02 Å². The zero-order valence-corrected chi connectivity index (χ0v) is 11.5. The van der Waals surface area contributed by atoms with E-state index in [9.17, 15) is 9.90 Å². The summed E-state index contributed by atoms with van der Waals surface area (Å²) in [6.45, 7) is 3.42. The zero-order chi connectivity index (χ0) is 14.1. The zero-order valence-electron chi connectivity index (χ0n) is 10.8. The summed E-state index contributed by atoms with van der Waals surface area (Å²) in [6, 6.07) is 3.49. The SMILES string of the molecule is O=C(O)c1nc2c(Cl)cccn2c1CN1CCOCC1. The average Bonchev–Trinajstić information content (AvgIpc) is 2.81. The van der Waals surface area contributed by atoms with E-state index >= 15 is 0 Å². The summed E-state index contributed by atoms with van der Waals surface area (Å²) in [5.41, 5.74) is 1.19. The number of ether oxygens (including phenoxy) is 1. The van der Waals surface area contributed by atoms with Crippen LogP contribution < -0.4 is 0 Å². The lowest BCUT2D eigenvalue weighted by Crippen LogP contribution is -2.36. The van der Waals surface area contributed by atoms with Crippen molar-refractivity contribution in [3.8, 4) is 0 Å². The summed E-state index contributed by atoms with van der Waals surface area (Å²) in [7, 11) is 0. The maximum absolute atomic E-state index is 11.4. The summed E-state index contributed by atoms with van der Waals surface area (Å²) in [4.78, 5) is 17.7. The number of aromatic nitrogens is 2. The second-order valence-corrected chi connectivity index (χ2v) is 5.06. The van der Waals surface area contributed by atoms with E-state index in [1.54, 1.807) is 22.7 Å². The number of hydrogen-bond acceptors (Lipinski definition) is 4. The van der Waals surface area contributed by atoms with Gasteiger partial charge in [0.2, 0.25) is 0 Å². The summed E-state index contributed by atoms with van der Waals surface area (Å²) < 4.78 is 7.05. The first-order chi connectivity index (χ1) is 9.66. The number of pyridine rings is 1. The number of rotatable bonds is 3. The maximum Gasteiger partial charge on any atom is 0.356 e. The van der Waals surface area contributed by atoms with E-state index in [4.69, 9.17) is 16.3 Å². The molecule has 0 spiro atoms. The van der Waals surface area contributed by atoms with E-state index in [-0.39, 0.29) is 5.69 Å². The molecule has 106 valence electrons. The van der Waals surface area contributed by atoms with Gasteiger partial charge < -0.3 is 14.2 Å². The van der Waals surface area contributed by atoms with Gasteiger partial charge in [0.15, 0.2) is 11.3 Å². The van der Waals surface area contributed by atoms with Crippen LogP contribution in [0.4, 0.5) is 0 Å². The van der Waals surface area contributed by atoms with Crippen molar-refractivity contribution in [2.24, 2.45) is 0 Å². The quantitative estimate of drug-likeness (QED) is 0.930. The Balaban J connectivity index is 2.04. The Labute approximate surface area is 120 Å². The Kier molecular flexibility index (Phi) is 3.60. The second-order valence-electron chi connectivity index (χ2n) is 4.65. The molecule has 1 fully saturated rings. The molecule has 1 saturated heterocycles. The molecule has 2 aromatic heterocycles. The Morgan fingerprint density at radius 2 is 2.20 bits per heavy atom. The average molecular weight is 296 g/mol. The number of aromatic carboxylic acids is 1. The smallest absolute Gasteiger partial charge is 0.356 e. The molecule has 1 N–H and O–H groups in total. The van der Waals surface area contributed by atoms with Crippen molar-refractivity contribution in [2.45, 2.75) is 6.54 Å². The summed E-state index contributed by atoms with van der Waals surface area (Å²) in [6.07, 6.45) is 1.79. The lowest BCUT2D eigenvalue weighted by molar-refractivity contribution is 0.0332. The summed E-state index contributed by atoms with van der Waals surface area (Å²) in [5, 5.41) is 9.77. The maximum atomic E-state index is 11.4. The number of nitrogens with zero attached hydrogens (tertiary/aromatic N) is 3. The fraction of sp³-hybridized carbons (Fsp3) is 0.385. The monoisotopic (exact) mass is 295 g/mol. The molecule has 1 aliphatic rings. The van der Waals surface area contributed by atoms with Gasteiger partial charge in [0, 0.05) is 25.8 Å². The van der Waals surface area contributed by atoms with Crippen molar-refractivity contribution >= 4 is 23.2 Å². The number of fused-ring (bicyclic) bond motifs is 1. The molecule has 0 unspecified atom stereocenters. The minimum absolute atomic E-state index is 0.0598. The number of imidazole rings is 1. The van der Waals surface area contributed by atoms with E-state index in [0.717, 1.165) is 13.1 Å². The Morgan fingerprint density at radius 1 is 1.45 bits per heavy atom. The van der Waals surface area contributed by atoms with Gasteiger partial charge in [0.1, 0.15) is 0 Å². The Hall–Kier alpha value is -1.63. The van der Waals surface area contributed by atoms with Gasteiger partial charge in [0.05, 0.1) is 23.9 Å². The van der Waals surface area contributed by atoms with Crippen molar-refractivity contribution in [3.63, 3.8) is 0 Å². The number of carbonyl (C=O) groups is 1. The molecule has 1 aliphatic heterocycles. The van der Waals surface area contributed by atoms with Crippen molar-refractivity contribution in [1.29, 1.82) is 0 Å². The summed E-state index contributed by atoms with van der Waals surface area (Å²) in [5.74, 6) is -1.03. The lowest BCUT2D eigenvalue weighted by atomic mass is 10.3. The molecular weight excluding hydrogens is 282 g/mol. The van der Waals surface area contributed by atoms with E-state index < -0.39 is 5.97 Å². The van der Waals surface area contributed by atoms with E-state index in [1.165, 1.54) is 0 Å². The number of morpholine rings is 1. The lowest BCUT2D eigenvalue weighted by Gasteiger charge is -2.26. The van der Waals surface area contributed by atoms with Crippen molar-refractivity contribution in [1.82, 2.24) is 14.3 Å². The molecule has 3 rings (SSSR count). The molecule has 2 aromatic rings.